The normalized spacial score (nSPS) is 15.7. The molecule has 1 aliphatic rings. The molecule has 0 radical (unpaired) electrons. The summed E-state index contributed by atoms with van der Waals surface area (Å²) >= 11 is 0. The van der Waals surface area contributed by atoms with Gasteiger partial charge in [-0.1, -0.05) is 18.2 Å². The van der Waals surface area contributed by atoms with E-state index < -0.39 is 27.7 Å². The maximum Gasteiger partial charge on any atom is 0.270 e. The maximum atomic E-state index is 13.4. The highest BCUT2D eigenvalue weighted by molar-refractivity contribution is 7.91. The Morgan fingerprint density at radius 1 is 1.12 bits per heavy atom. The number of carbonyl (C=O) groups is 2. The predicted octanol–water partition coefficient (Wildman–Crippen LogP) is 1.98. The van der Waals surface area contributed by atoms with Crippen molar-refractivity contribution in [1.82, 2.24) is 20.6 Å². The second kappa shape index (κ2) is 8.99. The topological polar surface area (TPSA) is 142 Å². The number of nitriles is 1. The molecule has 11 heteroatoms. The lowest BCUT2D eigenvalue weighted by Gasteiger charge is -2.13. The van der Waals surface area contributed by atoms with Crippen LogP contribution < -0.4 is 10.6 Å². The van der Waals surface area contributed by atoms with Crippen molar-refractivity contribution in [3.05, 3.63) is 88.3 Å². The summed E-state index contributed by atoms with van der Waals surface area (Å²) in [5.74, 6) is -1.93. The number of halogens is 1. The number of nitrogens with zero attached hydrogens (tertiary/aromatic N) is 3. The first kappa shape index (κ1) is 23.0. The number of sulfone groups is 1. The fraction of sp³-hybridized carbons (Fsp3) is 0.174. The fourth-order valence-electron chi connectivity index (χ4n) is 3.61. The highest BCUT2D eigenvalue weighted by atomic mass is 32.2. The lowest BCUT2D eigenvalue weighted by Crippen LogP contribution is -2.31. The maximum absolute atomic E-state index is 13.4. The summed E-state index contributed by atoms with van der Waals surface area (Å²) in [5, 5.41) is 14.3. The van der Waals surface area contributed by atoms with Crippen LogP contribution in [0, 0.1) is 24.1 Å². The molecular weight excluding hydrogens is 461 g/mol. The highest BCUT2D eigenvalue weighted by Gasteiger charge is 2.36. The number of rotatable bonds is 5. The molecule has 2 heterocycles. The van der Waals surface area contributed by atoms with Gasteiger partial charge in [-0.2, -0.15) is 5.26 Å². The van der Waals surface area contributed by atoms with Crippen LogP contribution >= 0.6 is 0 Å². The van der Waals surface area contributed by atoms with Crippen LogP contribution in [0.15, 0.2) is 53.7 Å². The molecule has 0 fully saturated rings. The van der Waals surface area contributed by atoms with E-state index in [1.165, 1.54) is 30.3 Å². The Bertz CT molecular complexity index is 1470. The van der Waals surface area contributed by atoms with Crippen LogP contribution in [0.1, 0.15) is 49.3 Å². The van der Waals surface area contributed by atoms with Gasteiger partial charge < -0.3 is 10.6 Å². The molecule has 4 rings (SSSR count). The van der Waals surface area contributed by atoms with E-state index in [1.54, 1.807) is 19.1 Å². The van der Waals surface area contributed by atoms with E-state index in [1.807, 2.05) is 6.07 Å². The third kappa shape index (κ3) is 4.62. The van der Waals surface area contributed by atoms with E-state index in [4.69, 9.17) is 5.26 Å². The standard InChI is InChI=1S/C23H18FN5O4S/c1-13-6-15(3-5-17(13)24)10-26-22(30)18-8-19(28-12-27-18)23(31)29-20-11-34(32,33)21-7-14(9-25)2-4-16(20)21/h2-8,12,20H,10-11H2,1H3,(H,26,30)(H,29,31)/t20-/m0/s1. The van der Waals surface area contributed by atoms with Gasteiger partial charge in [-0.05, 0) is 41.8 Å². The van der Waals surface area contributed by atoms with Crippen LogP contribution in [-0.2, 0) is 16.4 Å². The zero-order chi connectivity index (χ0) is 24.5. The predicted molar refractivity (Wildman–Crippen MR) is 118 cm³/mol. The van der Waals surface area contributed by atoms with Gasteiger partial charge in [-0.3, -0.25) is 9.59 Å². The Kier molecular flexibility index (Phi) is 6.08. The Morgan fingerprint density at radius 2 is 1.85 bits per heavy atom. The number of aryl methyl sites for hydroxylation is 1. The number of nitrogens with one attached hydrogen (secondary N) is 2. The van der Waals surface area contributed by atoms with Gasteiger partial charge in [0.1, 0.15) is 23.5 Å². The Balaban J connectivity index is 1.47. The summed E-state index contributed by atoms with van der Waals surface area (Å²) in [6.45, 7) is 1.75. The monoisotopic (exact) mass is 479 g/mol. The minimum atomic E-state index is -3.66. The largest absolute Gasteiger partial charge is 0.347 e. The lowest BCUT2D eigenvalue weighted by molar-refractivity contribution is 0.0935. The van der Waals surface area contributed by atoms with Crippen molar-refractivity contribution < 1.29 is 22.4 Å². The third-order valence-electron chi connectivity index (χ3n) is 5.35. The van der Waals surface area contributed by atoms with E-state index in [2.05, 4.69) is 20.6 Å². The molecule has 1 atom stereocenters. The number of carbonyl (C=O) groups excluding carboxylic acids is 2. The minimum Gasteiger partial charge on any atom is -0.347 e. The van der Waals surface area contributed by atoms with Gasteiger partial charge in [0.25, 0.3) is 11.8 Å². The van der Waals surface area contributed by atoms with E-state index >= 15 is 0 Å². The average Bonchev–Trinajstić information content (AvgIpc) is 3.08. The molecule has 2 aromatic carbocycles. The van der Waals surface area contributed by atoms with Crippen molar-refractivity contribution >= 4 is 21.7 Å². The minimum absolute atomic E-state index is 0.00985. The van der Waals surface area contributed by atoms with Gasteiger partial charge in [0.05, 0.1) is 28.3 Å². The molecule has 0 unspecified atom stereocenters. The second-order valence-electron chi connectivity index (χ2n) is 7.73. The summed E-state index contributed by atoms with van der Waals surface area (Å²) in [6, 6.07) is 11.0. The summed E-state index contributed by atoms with van der Waals surface area (Å²) in [5.41, 5.74) is 1.56. The molecule has 0 bridgehead atoms. The van der Waals surface area contributed by atoms with Crippen LogP contribution in [0.4, 0.5) is 4.39 Å². The van der Waals surface area contributed by atoms with Crippen molar-refractivity contribution in [2.24, 2.45) is 0 Å². The summed E-state index contributed by atoms with van der Waals surface area (Å²) in [6.07, 6.45) is 1.06. The lowest BCUT2D eigenvalue weighted by atomic mass is 10.1. The van der Waals surface area contributed by atoms with Crippen LogP contribution in [-0.4, -0.2) is 36.0 Å². The highest BCUT2D eigenvalue weighted by Crippen LogP contribution is 2.34. The van der Waals surface area contributed by atoms with Crippen molar-refractivity contribution in [3.63, 3.8) is 0 Å². The Morgan fingerprint density at radius 3 is 2.56 bits per heavy atom. The first-order valence-electron chi connectivity index (χ1n) is 10.1. The smallest absolute Gasteiger partial charge is 0.270 e. The van der Waals surface area contributed by atoms with E-state index in [0.29, 0.717) is 16.7 Å². The zero-order valence-corrected chi connectivity index (χ0v) is 18.7. The van der Waals surface area contributed by atoms with Crippen LogP contribution in [0.3, 0.4) is 0 Å². The molecule has 0 saturated heterocycles. The summed E-state index contributed by atoms with van der Waals surface area (Å²) in [7, 11) is -3.66. The molecule has 172 valence electrons. The van der Waals surface area contributed by atoms with E-state index in [9.17, 15) is 22.4 Å². The molecule has 2 N–H and O–H groups in total. The van der Waals surface area contributed by atoms with Crippen LogP contribution in [0.5, 0.6) is 0 Å². The first-order valence-corrected chi connectivity index (χ1v) is 11.8. The van der Waals surface area contributed by atoms with Crippen LogP contribution in [0.25, 0.3) is 0 Å². The molecule has 34 heavy (non-hydrogen) atoms. The molecule has 3 aromatic rings. The summed E-state index contributed by atoms with van der Waals surface area (Å²) < 4.78 is 38.3. The molecule has 1 aromatic heterocycles. The number of amides is 2. The second-order valence-corrected chi connectivity index (χ2v) is 9.73. The van der Waals surface area contributed by atoms with Crippen molar-refractivity contribution in [2.75, 3.05) is 5.75 Å². The van der Waals surface area contributed by atoms with Gasteiger partial charge in [0.15, 0.2) is 9.84 Å². The number of hydrogen-bond acceptors (Lipinski definition) is 7. The van der Waals surface area contributed by atoms with Crippen molar-refractivity contribution in [3.8, 4) is 6.07 Å². The SMILES string of the molecule is Cc1cc(CNC(=O)c2cc(C(=O)N[C@H]3CS(=O)(=O)c4cc(C#N)ccc43)ncn2)ccc1F. The molecular formula is C23H18FN5O4S. The fourth-order valence-corrected chi connectivity index (χ4v) is 5.36. The molecule has 9 nitrogen and oxygen atoms in total. The van der Waals surface area contributed by atoms with E-state index in [-0.39, 0.29) is 40.0 Å². The zero-order valence-electron chi connectivity index (χ0n) is 17.9. The van der Waals surface area contributed by atoms with Gasteiger partial charge in [-0.25, -0.2) is 22.8 Å². The number of fused-ring (bicyclic) bond motifs is 1. The van der Waals surface area contributed by atoms with E-state index in [0.717, 1.165) is 6.33 Å². The first-order chi connectivity index (χ1) is 16.2. The average molecular weight is 479 g/mol. The van der Waals surface area contributed by atoms with Crippen LogP contribution in [0.2, 0.25) is 0 Å². The molecule has 0 spiro atoms. The molecule has 0 aliphatic carbocycles. The number of aromatic nitrogens is 2. The van der Waals surface area contributed by atoms with Gasteiger partial charge >= 0.3 is 0 Å². The van der Waals surface area contributed by atoms with Gasteiger partial charge in [0.2, 0.25) is 0 Å². The van der Waals surface area contributed by atoms with Crippen molar-refractivity contribution in [2.45, 2.75) is 24.4 Å². The molecule has 2 amide bonds. The number of hydrogen-bond donors (Lipinski definition) is 2. The summed E-state index contributed by atoms with van der Waals surface area (Å²) in [4.78, 5) is 33.0. The molecule has 1 aliphatic heterocycles. The quantitative estimate of drug-likeness (QED) is 0.570. The number of benzene rings is 2. The Labute approximate surface area is 194 Å². The van der Waals surface area contributed by atoms with Gasteiger partial charge in [0, 0.05) is 12.6 Å². The molecule has 0 saturated carbocycles. The van der Waals surface area contributed by atoms with Crippen molar-refractivity contribution in [1.29, 1.82) is 5.26 Å². The van der Waals surface area contributed by atoms with Gasteiger partial charge in [-0.15, -0.1) is 0 Å². The third-order valence-corrected chi connectivity index (χ3v) is 7.15. The Hall–Kier alpha value is -4.17.